The number of hydrogen-bond donors (Lipinski definition) is 2. The van der Waals surface area contributed by atoms with Crippen molar-refractivity contribution in [3.8, 4) is 5.88 Å². The monoisotopic (exact) mass is 225 g/mol. The minimum absolute atomic E-state index is 0.0888. The zero-order valence-electron chi connectivity index (χ0n) is 10.2. The molecular weight excluding hydrogens is 206 g/mol. The molecule has 1 aromatic rings. The number of aromatic nitrogens is 2. The second-order valence-corrected chi connectivity index (χ2v) is 4.48. The summed E-state index contributed by atoms with van der Waals surface area (Å²) in [4.78, 5) is 9.78. The summed E-state index contributed by atoms with van der Waals surface area (Å²) in [6, 6.07) is 1.56. The number of hydrogen-bond acceptors (Lipinski definition) is 6. The van der Waals surface area contributed by atoms with Crippen molar-refractivity contribution in [2.45, 2.75) is 19.4 Å². The van der Waals surface area contributed by atoms with E-state index in [1.807, 2.05) is 14.1 Å². The van der Waals surface area contributed by atoms with E-state index in [9.17, 15) is 0 Å². The number of ether oxygens (including phenoxy) is 1. The molecule has 6 nitrogen and oxygen atoms in total. The predicted molar refractivity (Wildman–Crippen MR) is 64.1 cm³/mol. The normalized spacial score (nSPS) is 11.8. The van der Waals surface area contributed by atoms with Crippen LogP contribution >= 0.6 is 0 Å². The van der Waals surface area contributed by atoms with Gasteiger partial charge >= 0.3 is 0 Å². The molecule has 6 heteroatoms. The average molecular weight is 225 g/mol. The Morgan fingerprint density at radius 2 is 1.94 bits per heavy atom. The van der Waals surface area contributed by atoms with Crippen LogP contribution in [-0.2, 0) is 0 Å². The molecule has 16 heavy (non-hydrogen) atoms. The molecule has 0 aliphatic carbocycles. The molecule has 0 aliphatic heterocycles. The SMILES string of the molecule is CN(C)C(C)(C)COc1cc(N)nc(N)n1. The highest BCUT2D eigenvalue weighted by Gasteiger charge is 2.21. The second-order valence-electron chi connectivity index (χ2n) is 4.48. The first-order chi connectivity index (χ1) is 7.31. The fourth-order valence-corrected chi connectivity index (χ4v) is 0.915. The standard InChI is InChI=1S/C10H19N5O/c1-10(2,15(3)4)6-16-8-5-7(11)13-9(12)14-8/h5H,6H2,1-4H3,(H4,11,12,13,14). The van der Waals surface area contributed by atoms with E-state index in [1.54, 1.807) is 6.07 Å². The summed E-state index contributed by atoms with van der Waals surface area (Å²) in [5.41, 5.74) is 10.9. The first-order valence-corrected chi connectivity index (χ1v) is 5.01. The molecule has 90 valence electrons. The Labute approximate surface area is 95.6 Å². The van der Waals surface area contributed by atoms with Gasteiger partial charge in [-0.25, -0.2) is 0 Å². The number of anilines is 2. The van der Waals surface area contributed by atoms with Gasteiger partial charge in [0.05, 0.1) is 0 Å². The van der Waals surface area contributed by atoms with Crippen LogP contribution in [0.3, 0.4) is 0 Å². The Balaban J connectivity index is 2.68. The zero-order chi connectivity index (χ0) is 12.3. The summed E-state index contributed by atoms with van der Waals surface area (Å²) in [5, 5.41) is 0. The summed E-state index contributed by atoms with van der Waals surface area (Å²) in [6.07, 6.45) is 0. The average Bonchev–Trinajstić information content (AvgIpc) is 2.13. The van der Waals surface area contributed by atoms with E-state index in [0.717, 1.165) is 0 Å². The van der Waals surface area contributed by atoms with E-state index in [-0.39, 0.29) is 11.5 Å². The third-order valence-corrected chi connectivity index (χ3v) is 2.52. The molecule has 0 amide bonds. The van der Waals surface area contributed by atoms with Crippen LogP contribution in [0.5, 0.6) is 5.88 Å². The van der Waals surface area contributed by atoms with Gasteiger partial charge in [0, 0.05) is 11.6 Å². The minimum Gasteiger partial charge on any atom is -0.476 e. The maximum absolute atomic E-state index is 5.54. The highest BCUT2D eigenvalue weighted by molar-refractivity contribution is 5.38. The van der Waals surface area contributed by atoms with Gasteiger partial charge in [0.15, 0.2) is 0 Å². The maximum atomic E-state index is 5.54. The van der Waals surface area contributed by atoms with E-state index in [0.29, 0.717) is 18.3 Å². The van der Waals surface area contributed by atoms with E-state index < -0.39 is 0 Å². The summed E-state index contributed by atoms with van der Waals surface area (Å²) in [7, 11) is 3.98. The van der Waals surface area contributed by atoms with Crippen molar-refractivity contribution < 1.29 is 4.74 Å². The quantitative estimate of drug-likeness (QED) is 0.769. The van der Waals surface area contributed by atoms with Crippen LogP contribution in [0, 0.1) is 0 Å². The molecule has 0 bridgehead atoms. The summed E-state index contributed by atoms with van der Waals surface area (Å²) >= 11 is 0. The smallest absolute Gasteiger partial charge is 0.225 e. The van der Waals surface area contributed by atoms with Gasteiger partial charge < -0.3 is 21.1 Å². The first-order valence-electron chi connectivity index (χ1n) is 5.01. The van der Waals surface area contributed by atoms with Gasteiger partial charge in [-0.05, 0) is 27.9 Å². The van der Waals surface area contributed by atoms with Crippen LogP contribution in [0.1, 0.15) is 13.8 Å². The second kappa shape index (κ2) is 4.52. The molecule has 0 unspecified atom stereocenters. The van der Waals surface area contributed by atoms with Gasteiger partial charge in [-0.3, -0.25) is 0 Å². The minimum atomic E-state index is -0.0888. The molecule has 0 aromatic carbocycles. The van der Waals surface area contributed by atoms with Crippen LogP contribution in [-0.4, -0.2) is 41.1 Å². The molecule has 4 N–H and O–H groups in total. The molecule has 0 radical (unpaired) electrons. The van der Waals surface area contributed by atoms with Crippen molar-refractivity contribution in [3.05, 3.63) is 6.07 Å². The maximum Gasteiger partial charge on any atom is 0.225 e. The summed E-state index contributed by atoms with van der Waals surface area (Å²) in [5.74, 6) is 0.836. The van der Waals surface area contributed by atoms with Gasteiger partial charge in [0.2, 0.25) is 11.8 Å². The molecule has 1 rings (SSSR count). The molecule has 0 spiro atoms. The van der Waals surface area contributed by atoms with Gasteiger partial charge in [-0.1, -0.05) is 0 Å². The Morgan fingerprint density at radius 1 is 1.31 bits per heavy atom. The number of rotatable bonds is 4. The fraction of sp³-hybridized carbons (Fsp3) is 0.600. The number of nitrogens with two attached hydrogens (primary N) is 2. The van der Waals surface area contributed by atoms with Crippen LogP contribution in [0.4, 0.5) is 11.8 Å². The van der Waals surface area contributed by atoms with E-state index in [2.05, 4.69) is 28.7 Å². The molecule has 0 saturated heterocycles. The van der Waals surface area contributed by atoms with Crippen molar-refractivity contribution in [1.29, 1.82) is 0 Å². The zero-order valence-corrected chi connectivity index (χ0v) is 10.2. The molecule has 0 fully saturated rings. The highest BCUT2D eigenvalue weighted by Crippen LogP contribution is 2.16. The van der Waals surface area contributed by atoms with Crippen LogP contribution in [0.2, 0.25) is 0 Å². The summed E-state index contributed by atoms with van der Waals surface area (Å²) in [6.45, 7) is 4.64. The van der Waals surface area contributed by atoms with Crippen molar-refractivity contribution in [2.75, 3.05) is 32.2 Å². The molecule has 0 aliphatic rings. The molecular formula is C10H19N5O. The topological polar surface area (TPSA) is 90.3 Å². The van der Waals surface area contributed by atoms with E-state index in [4.69, 9.17) is 16.2 Å². The first kappa shape index (κ1) is 12.5. The van der Waals surface area contributed by atoms with Gasteiger partial charge in [-0.2, -0.15) is 9.97 Å². The lowest BCUT2D eigenvalue weighted by molar-refractivity contribution is 0.111. The molecule has 0 atom stereocenters. The van der Waals surface area contributed by atoms with Gasteiger partial charge in [0.1, 0.15) is 12.4 Å². The Morgan fingerprint density at radius 3 is 2.44 bits per heavy atom. The predicted octanol–water partition coefficient (Wildman–Crippen LogP) is 0.360. The number of likely N-dealkylation sites (N-methyl/N-ethyl adjacent to an activating group) is 1. The molecule has 0 saturated carbocycles. The Hall–Kier alpha value is -1.56. The Kier molecular flexibility index (Phi) is 3.54. The van der Waals surface area contributed by atoms with E-state index in [1.165, 1.54) is 0 Å². The number of nitrogen functional groups attached to an aromatic ring is 2. The summed E-state index contributed by atoms with van der Waals surface area (Å²) < 4.78 is 5.54. The largest absolute Gasteiger partial charge is 0.476 e. The lowest BCUT2D eigenvalue weighted by atomic mass is 10.1. The fourth-order valence-electron chi connectivity index (χ4n) is 0.915. The highest BCUT2D eigenvalue weighted by atomic mass is 16.5. The lowest BCUT2D eigenvalue weighted by Gasteiger charge is -2.31. The van der Waals surface area contributed by atoms with Gasteiger partial charge in [-0.15, -0.1) is 0 Å². The van der Waals surface area contributed by atoms with Gasteiger partial charge in [0.25, 0.3) is 0 Å². The van der Waals surface area contributed by atoms with Crippen molar-refractivity contribution in [2.24, 2.45) is 0 Å². The molecule has 1 heterocycles. The number of nitrogens with zero attached hydrogens (tertiary/aromatic N) is 3. The van der Waals surface area contributed by atoms with Crippen molar-refractivity contribution >= 4 is 11.8 Å². The van der Waals surface area contributed by atoms with E-state index >= 15 is 0 Å². The van der Waals surface area contributed by atoms with Crippen LogP contribution in [0.25, 0.3) is 0 Å². The Bertz CT molecular complexity index is 344. The third-order valence-electron chi connectivity index (χ3n) is 2.52. The van der Waals surface area contributed by atoms with Crippen LogP contribution in [0.15, 0.2) is 6.07 Å². The van der Waals surface area contributed by atoms with Crippen LogP contribution < -0.4 is 16.2 Å². The van der Waals surface area contributed by atoms with Crippen molar-refractivity contribution in [1.82, 2.24) is 14.9 Å². The van der Waals surface area contributed by atoms with Crippen molar-refractivity contribution in [3.63, 3.8) is 0 Å². The lowest BCUT2D eigenvalue weighted by Crippen LogP contribution is -2.43. The molecule has 1 aromatic heterocycles. The third kappa shape index (κ3) is 3.23.